The van der Waals surface area contributed by atoms with Crippen molar-refractivity contribution >= 4 is 0 Å². The fourth-order valence-electron chi connectivity index (χ4n) is 2.31. The van der Waals surface area contributed by atoms with Gasteiger partial charge in [0.25, 0.3) is 0 Å². The van der Waals surface area contributed by atoms with Crippen LogP contribution in [0.15, 0.2) is 0 Å². The Morgan fingerprint density at radius 1 is 1.23 bits per heavy atom. The molecule has 0 N–H and O–H groups in total. The summed E-state index contributed by atoms with van der Waals surface area (Å²) in [5, 5.41) is 0. The summed E-state index contributed by atoms with van der Waals surface area (Å²) >= 11 is 0. The maximum atomic E-state index is 2.61. The molecule has 1 fully saturated rings. The van der Waals surface area contributed by atoms with Crippen LogP contribution in [0.25, 0.3) is 0 Å². The van der Waals surface area contributed by atoms with Crippen molar-refractivity contribution in [2.45, 2.75) is 51.7 Å². The lowest BCUT2D eigenvalue weighted by molar-refractivity contribution is 0.123. The normalized spacial score (nSPS) is 31.6. The van der Waals surface area contributed by atoms with E-state index in [0.29, 0.717) is 5.54 Å². The van der Waals surface area contributed by atoms with Gasteiger partial charge in [-0.25, -0.2) is 0 Å². The second-order valence-electron chi connectivity index (χ2n) is 5.53. The first-order valence-electron chi connectivity index (χ1n) is 5.25. The summed E-state index contributed by atoms with van der Waals surface area (Å²) in [6.45, 7) is 10.5. The van der Waals surface area contributed by atoms with Gasteiger partial charge in [-0.2, -0.15) is 0 Å². The van der Waals surface area contributed by atoms with E-state index in [4.69, 9.17) is 0 Å². The zero-order valence-electron chi connectivity index (χ0n) is 9.96. The first-order chi connectivity index (χ1) is 5.82. The Balaban J connectivity index is 2.62. The van der Waals surface area contributed by atoms with Crippen molar-refractivity contribution in [2.75, 3.05) is 20.6 Å². The molecule has 2 heteroatoms. The maximum Gasteiger partial charge on any atom is 0.0232 e. The third-order valence-corrected chi connectivity index (χ3v) is 3.14. The van der Waals surface area contributed by atoms with Crippen molar-refractivity contribution < 1.29 is 0 Å². The molecule has 0 radical (unpaired) electrons. The van der Waals surface area contributed by atoms with Crippen LogP contribution in [0.4, 0.5) is 0 Å². The summed E-state index contributed by atoms with van der Waals surface area (Å²) in [5.41, 5.74) is 0.324. The van der Waals surface area contributed by atoms with Crippen LogP contribution >= 0.6 is 0 Å². The van der Waals surface area contributed by atoms with Crippen LogP contribution in [0.2, 0.25) is 0 Å². The third kappa shape index (κ3) is 2.44. The molecule has 0 aromatic rings. The molecular formula is C11H24N2. The Kier molecular flexibility index (Phi) is 3.03. The maximum absolute atomic E-state index is 2.61. The number of hydrogen-bond donors (Lipinski definition) is 0. The molecule has 0 aromatic heterocycles. The highest BCUT2D eigenvalue weighted by atomic mass is 15.3. The van der Waals surface area contributed by atoms with E-state index in [9.17, 15) is 0 Å². The summed E-state index contributed by atoms with van der Waals surface area (Å²) < 4.78 is 0. The number of rotatable bonds is 1. The lowest BCUT2D eigenvalue weighted by Crippen LogP contribution is -2.44. The topological polar surface area (TPSA) is 6.48 Å². The van der Waals surface area contributed by atoms with Crippen LogP contribution in [0.1, 0.15) is 34.1 Å². The standard InChI is InChI=1S/C11H24N2/c1-9-7-10(12(5)6)8-13(9)11(2,3)4/h9-10H,7-8H2,1-6H3/t9-,10?/m0/s1. The van der Waals surface area contributed by atoms with Crippen LogP contribution in [-0.2, 0) is 0 Å². The van der Waals surface area contributed by atoms with E-state index in [1.807, 2.05) is 0 Å². The monoisotopic (exact) mass is 184 g/mol. The third-order valence-electron chi connectivity index (χ3n) is 3.14. The van der Waals surface area contributed by atoms with Crippen molar-refractivity contribution in [3.63, 3.8) is 0 Å². The van der Waals surface area contributed by atoms with Gasteiger partial charge < -0.3 is 4.90 Å². The van der Waals surface area contributed by atoms with Gasteiger partial charge in [0.2, 0.25) is 0 Å². The van der Waals surface area contributed by atoms with E-state index >= 15 is 0 Å². The number of likely N-dealkylation sites (N-methyl/N-ethyl adjacent to an activating group) is 1. The van der Waals surface area contributed by atoms with E-state index in [2.05, 4.69) is 51.6 Å². The van der Waals surface area contributed by atoms with Gasteiger partial charge in [-0.15, -0.1) is 0 Å². The summed E-state index contributed by atoms with van der Waals surface area (Å²) in [5.74, 6) is 0. The Labute approximate surface area is 82.9 Å². The SMILES string of the molecule is C[C@H]1CC(N(C)C)CN1C(C)(C)C. The molecule has 0 saturated carbocycles. The van der Waals surface area contributed by atoms with E-state index in [-0.39, 0.29) is 0 Å². The Bertz CT molecular complexity index is 169. The molecule has 0 spiro atoms. The van der Waals surface area contributed by atoms with Gasteiger partial charge in [0.1, 0.15) is 0 Å². The van der Waals surface area contributed by atoms with Gasteiger partial charge in [-0.1, -0.05) is 0 Å². The molecule has 0 aromatic carbocycles. The van der Waals surface area contributed by atoms with Crippen LogP contribution < -0.4 is 0 Å². The highest BCUT2D eigenvalue weighted by Crippen LogP contribution is 2.27. The molecule has 1 rings (SSSR count). The lowest BCUT2D eigenvalue weighted by atomic mass is 10.1. The quantitative estimate of drug-likeness (QED) is 0.613. The molecule has 1 aliphatic heterocycles. The second-order valence-corrected chi connectivity index (χ2v) is 5.53. The summed E-state index contributed by atoms with van der Waals surface area (Å²) in [6.07, 6.45) is 1.31. The summed E-state index contributed by atoms with van der Waals surface area (Å²) in [7, 11) is 4.37. The minimum Gasteiger partial charge on any atom is -0.305 e. The molecule has 13 heavy (non-hydrogen) atoms. The zero-order valence-corrected chi connectivity index (χ0v) is 9.96. The lowest BCUT2D eigenvalue weighted by Gasteiger charge is -2.35. The molecule has 2 nitrogen and oxygen atoms in total. The predicted molar refractivity (Wildman–Crippen MR) is 58.0 cm³/mol. The first-order valence-corrected chi connectivity index (χ1v) is 5.25. The summed E-state index contributed by atoms with van der Waals surface area (Å²) in [4.78, 5) is 4.96. The van der Waals surface area contributed by atoms with Gasteiger partial charge in [-0.05, 0) is 48.2 Å². The zero-order chi connectivity index (χ0) is 10.2. The average Bonchev–Trinajstić information content (AvgIpc) is 2.29. The van der Waals surface area contributed by atoms with Crippen LogP contribution in [0.5, 0.6) is 0 Å². The van der Waals surface area contributed by atoms with Gasteiger partial charge in [0.15, 0.2) is 0 Å². The van der Waals surface area contributed by atoms with E-state index < -0.39 is 0 Å². The molecule has 1 heterocycles. The molecule has 1 unspecified atom stereocenters. The average molecular weight is 184 g/mol. The second kappa shape index (κ2) is 3.58. The largest absolute Gasteiger partial charge is 0.305 e. The molecular weight excluding hydrogens is 160 g/mol. The molecule has 1 saturated heterocycles. The van der Waals surface area contributed by atoms with Crippen molar-refractivity contribution in [3.05, 3.63) is 0 Å². The van der Waals surface area contributed by atoms with Crippen LogP contribution in [-0.4, -0.2) is 48.1 Å². The minimum atomic E-state index is 0.324. The van der Waals surface area contributed by atoms with Gasteiger partial charge in [-0.3, -0.25) is 4.90 Å². The highest BCUT2D eigenvalue weighted by molar-refractivity contribution is 4.92. The van der Waals surface area contributed by atoms with Gasteiger partial charge in [0.05, 0.1) is 0 Å². The van der Waals surface area contributed by atoms with Gasteiger partial charge >= 0.3 is 0 Å². The van der Waals surface area contributed by atoms with E-state index in [0.717, 1.165) is 12.1 Å². The Morgan fingerprint density at radius 2 is 1.77 bits per heavy atom. The summed E-state index contributed by atoms with van der Waals surface area (Å²) in [6, 6.07) is 1.47. The molecule has 0 aliphatic carbocycles. The number of nitrogens with zero attached hydrogens (tertiary/aromatic N) is 2. The number of hydrogen-bond acceptors (Lipinski definition) is 2. The minimum absolute atomic E-state index is 0.324. The van der Waals surface area contributed by atoms with Crippen LogP contribution in [0, 0.1) is 0 Å². The van der Waals surface area contributed by atoms with Crippen molar-refractivity contribution in [1.29, 1.82) is 0 Å². The van der Waals surface area contributed by atoms with Crippen LogP contribution in [0.3, 0.4) is 0 Å². The smallest absolute Gasteiger partial charge is 0.0232 e. The fraction of sp³-hybridized carbons (Fsp3) is 1.00. The molecule has 0 amide bonds. The Hall–Kier alpha value is -0.0800. The fourth-order valence-corrected chi connectivity index (χ4v) is 2.31. The van der Waals surface area contributed by atoms with Gasteiger partial charge in [0, 0.05) is 24.2 Å². The Morgan fingerprint density at radius 3 is 2.00 bits per heavy atom. The molecule has 0 bridgehead atoms. The predicted octanol–water partition coefficient (Wildman–Crippen LogP) is 1.81. The molecule has 78 valence electrons. The van der Waals surface area contributed by atoms with E-state index in [1.54, 1.807) is 0 Å². The number of likely N-dealkylation sites (tertiary alicyclic amines) is 1. The van der Waals surface area contributed by atoms with Crippen molar-refractivity contribution in [3.8, 4) is 0 Å². The highest BCUT2D eigenvalue weighted by Gasteiger charge is 2.36. The molecule has 2 atom stereocenters. The van der Waals surface area contributed by atoms with Crippen molar-refractivity contribution in [2.24, 2.45) is 0 Å². The van der Waals surface area contributed by atoms with E-state index in [1.165, 1.54) is 13.0 Å². The molecule has 1 aliphatic rings. The first kappa shape index (κ1) is 11.0. The van der Waals surface area contributed by atoms with Crippen molar-refractivity contribution in [1.82, 2.24) is 9.80 Å².